The molecule has 3 unspecified atom stereocenters. The van der Waals surface area contributed by atoms with E-state index in [2.05, 4.69) is 0 Å². The third kappa shape index (κ3) is 4.49. The summed E-state index contributed by atoms with van der Waals surface area (Å²) < 4.78 is 27.0. The van der Waals surface area contributed by atoms with Gasteiger partial charge in [-0.3, -0.25) is 4.79 Å². The quantitative estimate of drug-likeness (QED) is 0.659. The van der Waals surface area contributed by atoms with Crippen LogP contribution in [0.4, 0.5) is 0 Å². The molecule has 0 radical (unpaired) electrons. The van der Waals surface area contributed by atoms with Gasteiger partial charge in [0.1, 0.15) is 18.3 Å². The summed E-state index contributed by atoms with van der Waals surface area (Å²) in [5.41, 5.74) is 0. The van der Waals surface area contributed by atoms with E-state index in [1.54, 1.807) is 14.0 Å². The lowest BCUT2D eigenvalue weighted by atomic mass is 10.0. The molecule has 5 atom stereocenters. The van der Waals surface area contributed by atoms with Crippen molar-refractivity contribution in [2.45, 2.75) is 50.8 Å². The van der Waals surface area contributed by atoms with Gasteiger partial charge in [-0.05, 0) is 20.3 Å². The fourth-order valence-corrected chi connectivity index (χ4v) is 2.27. The van der Waals surface area contributed by atoms with E-state index in [-0.39, 0.29) is 30.7 Å². The van der Waals surface area contributed by atoms with Gasteiger partial charge in [0.2, 0.25) is 0 Å². The average Bonchev–Trinajstić information content (AvgIpc) is 2.47. The normalized spacial score (nSPS) is 29.9. The Balaban J connectivity index is 2.55. The predicted octanol–water partition coefficient (Wildman–Crippen LogP) is 0.814. The van der Waals surface area contributed by atoms with E-state index >= 15 is 0 Å². The highest BCUT2D eigenvalue weighted by Crippen LogP contribution is 2.20. The predicted molar refractivity (Wildman–Crippen MR) is 72.8 cm³/mol. The summed E-state index contributed by atoms with van der Waals surface area (Å²) in [6.07, 6.45) is -0.659. The van der Waals surface area contributed by atoms with E-state index in [9.17, 15) is 4.79 Å². The Morgan fingerprint density at radius 2 is 2.00 bits per heavy atom. The monoisotopic (exact) mass is 290 g/mol. The maximum atomic E-state index is 12.0. The number of ether oxygens (including phenoxy) is 5. The lowest BCUT2D eigenvalue weighted by molar-refractivity contribution is -0.177. The second-order valence-electron chi connectivity index (χ2n) is 4.94. The largest absolute Gasteiger partial charge is 0.379 e. The van der Waals surface area contributed by atoms with Crippen molar-refractivity contribution in [3.63, 3.8) is 0 Å². The number of rotatable bonds is 8. The zero-order valence-corrected chi connectivity index (χ0v) is 13.0. The number of Topliss-reactive ketones (excluding diaryl/α,β-unsaturated/α-hetero) is 1. The van der Waals surface area contributed by atoms with E-state index in [4.69, 9.17) is 23.7 Å². The van der Waals surface area contributed by atoms with E-state index in [0.29, 0.717) is 6.61 Å². The second-order valence-corrected chi connectivity index (χ2v) is 4.94. The van der Waals surface area contributed by atoms with Gasteiger partial charge in [-0.25, -0.2) is 0 Å². The van der Waals surface area contributed by atoms with E-state index in [1.165, 1.54) is 14.2 Å². The average molecular weight is 290 g/mol. The number of hydrogen-bond acceptors (Lipinski definition) is 6. The fourth-order valence-electron chi connectivity index (χ4n) is 2.27. The van der Waals surface area contributed by atoms with Crippen LogP contribution in [-0.4, -0.2) is 70.8 Å². The van der Waals surface area contributed by atoms with Crippen molar-refractivity contribution < 1.29 is 28.5 Å². The SMILES string of the molecule is COC(C)C(=O)[C@@H](COC1C(C)OCC[C@H]1OC)OC. The zero-order chi connectivity index (χ0) is 15.1. The molecule has 1 aliphatic heterocycles. The molecular formula is C14H26O6. The molecule has 0 aromatic carbocycles. The minimum Gasteiger partial charge on any atom is -0.379 e. The van der Waals surface area contributed by atoms with E-state index < -0.39 is 12.2 Å². The molecule has 20 heavy (non-hydrogen) atoms. The van der Waals surface area contributed by atoms with Crippen molar-refractivity contribution in [1.29, 1.82) is 0 Å². The van der Waals surface area contributed by atoms with Gasteiger partial charge in [-0.1, -0.05) is 0 Å². The first-order chi connectivity index (χ1) is 9.54. The van der Waals surface area contributed by atoms with Crippen LogP contribution in [0.2, 0.25) is 0 Å². The molecule has 0 N–H and O–H groups in total. The van der Waals surface area contributed by atoms with E-state index in [1.807, 2.05) is 6.92 Å². The van der Waals surface area contributed by atoms with Gasteiger partial charge in [-0.15, -0.1) is 0 Å². The number of carbonyl (C=O) groups is 1. The van der Waals surface area contributed by atoms with Crippen molar-refractivity contribution >= 4 is 5.78 Å². The first kappa shape index (κ1) is 17.5. The van der Waals surface area contributed by atoms with Crippen LogP contribution in [0.1, 0.15) is 20.3 Å². The summed E-state index contributed by atoms with van der Waals surface area (Å²) in [7, 11) is 4.64. The molecule has 0 spiro atoms. The van der Waals surface area contributed by atoms with Crippen molar-refractivity contribution in [1.82, 2.24) is 0 Å². The molecule has 1 saturated heterocycles. The van der Waals surface area contributed by atoms with Crippen molar-refractivity contribution in [3.8, 4) is 0 Å². The van der Waals surface area contributed by atoms with Gasteiger partial charge in [0.05, 0.1) is 18.8 Å². The van der Waals surface area contributed by atoms with Gasteiger partial charge in [0.25, 0.3) is 0 Å². The highest BCUT2D eigenvalue weighted by molar-refractivity contribution is 5.87. The van der Waals surface area contributed by atoms with Crippen LogP contribution >= 0.6 is 0 Å². The van der Waals surface area contributed by atoms with Crippen LogP contribution in [0.15, 0.2) is 0 Å². The summed E-state index contributed by atoms with van der Waals surface area (Å²) in [4.78, 5) is 12.0. The molecule has 1 heterocycles. The van der Waals surface area contributed by atoms with Gasteiger partial charge in [0.15, 0.2) is 5.78 Å². The minimum absolute atomic E-state index is 0.0220. The molecule has 0 aliphatic carbocycles. The van der Waals surface area contributed by atoms with Crippen LogP contribution in [-0.2, 0) is 28.5 Å². The molecule has 1 aliphatic rings. The number of ketones is 1. The second kappa shape index (κ2) is 8.69. The summed E-state index contributed by atoms with van der Waals surface area (Å²) in [6, 6.07) is 0. The smallest absolute Gasteiger partial charge is 0.192 e. The molecule has 1 fully saturated rings. The Kier molecular flexibility index (Phi) is 7.61. The molecule has 118 valence electrons. The van der Waals surface area contributed by atoms with Crippen molar-refractivity contribution in [2.75, 3.05) is 34.5 Å². The highest BCUT2D eigenvalue weighted by Gasteiger charge is 2.34. The maximum Gasteiger partial charge on any atom is 0.192 e. The van der Waals surface area contributed by atoms with Gasteiger partial charge < -0.3 is 23.7 Å². The Morgan fingerprint density at radius 3 is 2.55 bits per heavy atom. The Hall–Kier alpha value is -0.530. The lowest BCUT2D eigenvalue weighted by Crippen LogP contribution is -2.48. The summed E-state index contributed by atoms with van der Waals surface area (Å²) in [6.45, 7) is 4.46. The maximum absolute atomic E-state index is 12.0. The fraction of sp³-hybridized carbons (Fsp3) is 0.929. The first-order valence-electron chi connectivity index (χ1n) is 6.90. The molecule has 0 amide bonds. The number of carbonyl (C=O) groups excluding carboxylic acids is 1. The zero-order valence-electron chi connectivity index (χ0n) is 13.0. The Labute approximate surface area is 120 Å². The molecule has 0 bridgehead atoms. The summed E-state index contributed by atoms with van der Waals surface area (Å²) in [5, 5.41) is 0. The standard InChI is InChI=1S/C14H26O6/c1-9(16-3)13(15)12(18-5)8-20-14-10(2)19-7-6-11(14)17-4/h9-12,14H,6-8H2,1-5H3/t9?,10?,11-,12-,14?/m1/s1. The van der Waals surface area contributed by atoms with Crippen LogP contribution < -0.4 is 0 Å². The Bertz CT molecular complexity index is 295. The number of methoxy groups -OCH3 is 3. The first-order valence-corrected chi connectivity index (χ1v) is 6.90. The van der Waals surface area contributed by atoms with Gasteiger partial charge >= 0.3 is 0 Å². The van der Waals surface area contributed by atoms with Crippen LogP contribution in [0.5, 0.6) is 0 Å². The van der Waals surface area contributed by atoms with Crippen molar-refractivity contribution in [2.24, 2.45) is 0 Å². The molecule has 0 saturated carbocycles. The minimum atomic E-state index is -0.642. The van der Waals surface area contributed by atoms with Gasteiger partial charge in [-0.2, -0.15) is 0 Å². The molecule has 1 rings (SSSR count). The van der Waals surface area contributed by atoms with Crippen LogP contribution in [0.25, 0.3) is 0 Å². The molecule has 0 aromatic rings. The van der Waals surface area contributed by atoms with Crippen molar-refractivity contribution in [3.05, 3.63) is 0 Å². The van der Waals surface area contributed by atoms with Crippen LogP contribution in [0.3, 0.4) is 0 Å². The van der Waals surface area contributed by atoms with Gasteiger partial charge in [0, 0.05) is 27.9 Å². The highest BCUT2D eigenvalue weighted by atomic mass is 16.6. The topological polar surface area (TPSA) is 63.2 Å². The lowest BCUT2D eigenvalue weighted by Gasteiger charge is -2.36. The molecule has 0 aromatic heterocycles. The molecule has 6 nitrogen and oxygen atoms in total. The molecule has 6 heteroatoms. The third-order valence-corrected chi connectivity index (χ3v) is 3.71. The summed E-state index contributed by atoms with van der Waals surface area (Å²) >= 11 is 0. The van der Waals surface area contributed by atoms with E-state index in [0.717, 1.165) is 6.42 Å². The number of hydrogen-bond donors (Lipinski definition) is 0. The Morgan fingerprint density at radius 1 is 1.30 bits per heavy atom. The molecular weight excluding hydrogens is 264 g/mol. The van der Waals surface area contributed by atoms with Crippen LogP contribution in [0, 0.1) is 0 Å². The third-order valence-electron chi connectivity index (χ3n) is 3.71. The summed E-state index contributed by atoms with van der Waals surface area (Å²) in [5.74, 6) is -0.131.